The summed E-state index contributed by atoms with van der Waals surface area (Å²) in [5, 5.41) is 0. The van der Waals surface area contributed by atoms with Crippen molar-refractivity contribution in [1.82, 2.24) is 4.98 Å². The van der Waals surface area contributed by atoms with Crippen molar-refractivity contribution in [2.75, 3.05) is 11.9 Å². The second-order valence-electron chi connectivity index (χ2n) is 4.50. The monoisotopic (exact) mass is 284 g/mol. The molecule has 108 valence electrons. The van der Waals surface area contributed by atoms with Gasteiger partial charge in [0.25, 0.3) is 5.91 Å². The first kappa shape index (κ1) is 14.7. The van der Waals surface area contributed by atoms with Gasteiger partial charge in [-0.2, -0.15) is 0 Å². The number of likely N-dealkylation sites (N-methyl/N-ethyl adjacent to an activating group) is 1. The third-order valence-corrected chi connectivity index (χ3v) is 2.98. The molecule has 0 radical (unpaired) electrons. The maximum absolute atomic E-state index is 12.2. The van der Waals surface area contributed by atoms with Gasteiger partial charge in [-0.1, -0.05) is 24.3 Å². The van der Waals surface area contributed by atoms with Crippen molar-refractivity contribution in [2.24, 2.45) is 0 Å². The number of aromatic nitrogens is 1. The van der Waals surface area contributed by atoms with Crippen LogP contribution in [0, 0.1) is 0 Å². The van der Waals surface area contributed by atoms with Crippen molar-refractivity contribution in [3.8, 4) is 0 Å². The molecule has 5 heteroatoms. The fourth-order valence-corrected chi connectivity index (χ4v) is 1.81. The van der Waals surface area contributed by atoms with Gasteiger partial charge in [-0.25, -0.2) is 9.78 Å². The SMILES string of the molecule is CC(OC(=O)c1ccccn1)C(=O)N(C)c1ccccc1. The van der Waals surface area contributed by atoms with Gasteiger partial charge in [-0.3, -0.25) is 4.79 Å². The zero-order valence-corrected chi connectivity index (χ0v) is 11.9. The molecule has 0 fully saturated rings. The van der Waals surface area contributed by atoms with Gasteiger partial charge in [-0.15, -0.1) is 0 Å². The molecule has 0 aliphatic carbocycles. The number of anilines is 1. The number of para-hydroxylation sites is 1. The van der Waals surface area contributed by atoms with Crippen LogP contribution in [0.3, 0.4) is 0 Å². The van der Waals surface area contributed by atoms with Crippen LogP contribution in [-0.4, -0.2) is 30.0 Å². The van der Waals surface area contributed by atoms with E-state index in [1.165, 1.54) is 11.1 Å². The molecule has 0 saturated heterocycles. The summed E-state index contributed by atoms with van der Waals surface area (Å²) >= 11 is 0. The molecule has 0 aliphatic heterocycles. The molecule has 1 aromatic heterocycles. The van der Waals surface area contributed by atoms with E-state index in [9.17, 15) is 9.59 Å². The van der Waals surface area contributed by atoms with E-state index in [1.54, 1.807) is 32.2 Å². The predicted molar refractivity (Wildman–Crippen MR) is 79.0 cm³/mol. The van der Waals surface area contributed by atoms with Crippen LogP contribution in [-0.2, 0) is 9.53 Å². The lowest BCUT2D eigenvalue weighted by atomic mass is 10.2. The molecule has 0 bridgehead atoms. The largest absolute Gasteiger partial charge is 0.448 e. The minimum Gasteiger partial charge on any atom is -0.448 e. The number of hydrogen-bond donors (Lipinski definition) is 0. The third-order valence-electron chi connectivity index (χ3n) is 2.98. The summed E-state index contributed by atoms with van der Waals surface area (Å²) in [6.45, 7) is 1.54. The topological polar surface area (TPSA) is 59.5 Å². The normalized spacial score (nSPS) is 11.5. The number of rotatable bonds is 4. The van der Waals surface area contributed by atoms with Gasteiger partial charge < -0.3 is 9.64 Å². The number of carbonyl (C=O) groups is 2. The van der Waals surface area contributed by atoms with E-state index in [-0.39, 0.29) is 11.6 Å². The molecule has 1 amide bonds. The summed E-state index contributed by atoms with van der Waals surface area (Å²) < 4.78 is 5.15. The van der Waals surface area contributed by atoms with E-state index in [4.69, 9.17) is 4.74 Å². The molecule has 0 N–H and O–H groups in total. The van der Waals surface area contributed by atoms with Gasteiger partial charge >= 0.3 is 5.97 Å². The summed E-state index contributed by atoms with van der Waals surface area (Å²) in [4.78, 5) is 29.5. The number of pyridine rings is 1. The lowest BCUT2D eigenvalue weighted by Gasteiger charge is -2.21. The number of carbonyl (C=O) groups excluding carboxylic acids is 2. The highest BCUT2D eigenvalue weighted by Crippen LogP contribution is 2.13. The molecule has 1 heterocycles. The Kier molecular flexibility index (Phi) is 4.66. The molecule has 0 aliphatic rings. The van der Waals surface area contributed by atoms with Crippen LogP contribution in [0.5, 0.6) is 0 Å². The van der Waals surface area contributed by atoms with Gasteiger partial charge in [0.2, 0.25) is 0 Å². The van der Waals surface area contributed by atoms with Crippen LogP contribution in [0.4, 0.5) is 5.69 Å². The average Bonchev–Trinajstić information content (AvgIpc) is 2.55. The van der Waals surface area contributed by atoms with E-state index in [1.807, 2.05) is 30.3 Å². The molecule has 2 aromatic rings. The Bertz CT molecular complexity index is 614. The molecular weight excluding hydrogens is 268 g/mol. The Morgan fingerprint density at radius 2 is 1.76 bits per heavy atom. The van der Waals surface area contributed by atoms with E-state index in [0.717, 1.165) is 5.69 Å². The van der Waals surface area contributed by atoms with Crippen molar-refractivity contribution in [3.05, 3.63) is 60.4 Å². The summed E-state index contributed by atoms with van der Waals surface area (Å²) in [6, 6.07) is 14.1. The lowest BCUT2D eigenvalue weighted by molar-refractivity contribution is -0.126. The first-order valence-electron chi connectivity index (χ1n) is 6.54. The van der Waals surface area contributed by atoms with Crippen LogP contribution in [0.1, 0.15) is 17.4 Å². The fourth-order valence-electron chi connectivity index (χ4n) is 1.81. The van der Waals surface area contributed by atoms with Gasteiger partial charge in [-0.05, 0) is 31.2 Å². The van der Waals surface area contributed by atoms with E-state index in [2.05, 4.69) is 4.98 Å². The van der Waals surface area contributed by atoms with E-state index < -0.39 is 12.1 Å². The minimum absolute atomic E-state index is 0.180. The standard InChI is InChI=1S/C16H16N2O3/c1-12(21-16(20)14-10-6-7-11-17-14)15(19)18(2)13-8-4-3-5-9-13/h3-12H,1-2H3. The van der Waals surface area contributed by atoms with Crippen LogP contribution in [0.2, 0.25) is 0 Å². The fraction of sp³-hybridized carbons (Fsp3) is 0.188. The molecule has 5 nitrogen and oxygen atoms in total. The Labute approximate surface area is 123 Å². The Balaban J connectivity index is 2.01. The predicted octanol–water partition coefficient (Wildman–Crippen LogP) is 2.29. The summed E-state index contributed by atoms with van der Waals surface area (Å²) in [5.41, 5.74) is 0.919. The zero-order valence-electron chi connectivity index (χ0n) is 11.9. The van der Waals surface area contributed by atoms with Crippen molar-refractivity contribution >= 4 is 17.6 Å². The number of esters is 1. The Morgan fingerprint density at radius 1 is 1.10 bits per heavy atom. The molecule has 0 saturated carbocycles. The molecule has 2 rings (SSSR count). The van der Waals surface area contributed by atoms with Crippen LogP contribution < -0.4 is 4.90 Å². The van der Waals surface area contributed by atoms with Crippen molar-refractivity contribution in [3.63, 3.8) is 0 Å². The second kappa shape index (κ2) is 6.65. The lowest BCUT2D eigenvalue weighted by Crippen LogP contribution is -2.37. The van der Waals surface area contributed by atoms with Gasteiger partial charge in [0.05, 0.1) is 0 Å². The number of ether oxygens (including phenoxy) is 1. The number of hydrogen-bond acceptors (Lipinski definition) is 4. The van der Waals surface area contributed by atoms with Crippen molar-refractivity contribution in [1.29, 1.82) is 0 Å². The first-order chi connectivity index (χ1) is 10.1. The molecule has 21 heavy (non-hydrogen) atoms. The second-order valence-corrected chi connectivity index (χ2v) is 4.50. The van der Waals surface area contributed by atoms with Crippen molar-refractivity contribution in [2.45, 2.75) is 13.0 Å². The van der Waals surface area contributed by atoms with E-state index >= 15 is 0 Å². The van der Waals surface area contributed by atoms with Crippen LogP contribution in [0.15, 0.2) is 54.7 Å². The third kappa shape index (κ3) is 3.66. The number of benzene rings is 1. The first-order valence-corrected chi connectivity index (χ1v) is 6.54. The smallest absolute Gasteiger partial charge is 0.357 e. The van der Waals surface area contributed by atoms with Crippen molar-refractivity contribution < 1.29 is 14.3 Å². The van der Waals surface area contributed by atoms with Crippen LogP contribution in [0.25, 0.3) is 0 Å². The summed E-state index contributed by atoms with van der Waals surface area (Å²) in [6.07, 6.45) is 0.615. The molecule has 1 aromatic carbocycles. The molecule has 1 unspecified atom stereocenters. The van der Waals surface area contributed by atoms with Gasteiger partial charge in [0.1, 0.15) is 5.69 Å². The van der Waals surface area contributed by atoms with Gasteiger partial charge in [0, 0.05) is 18.9 Å². The quantitative estimate of drug-likeness (QED) is 0.808. The van der Waals surface area contributed by atoms with E-state index in [0.29, 0.717) is 0 Å². The molecule has 0 spiro atoms. The minimum atomic E-state index is -0.885. The highest BCUT2D eigenvalue weighted by Gasteiger charge is 2.23. The maximum atomic E-state index is 12.2. The Hall–Kier alpha value is -2.69. The van der Waals surface area contributed by atoms with Crippen LogP contribution >= 0.6 is 0 Å². The van der Waals surface area contributed by atoms with Gasteiger partial charge in [0.15, 0.2) is 6.10 Å². The molecule has 1 atom stereocenters. The highest BCUT2D eigenvalue weighted by molar-refractivity contribution is 5.98. The average molecular weight is 284 g/mol. The number of amides is 1. The maximum Gasteiger partial charge on any atom is 0.357 e. The highest BCUT2D eigenvalue weighted by atomic mass is 16.5. The summed E-state index contributed by atoms with van der Waals surface area (Å²) in [5.74, 6) is -0.914. The zero-order chi connectivity index (χ0) is 15.2. The Morgan fingerprint density at radius 3 is 2.38 bits per heavy atom. The molecular formula is C16H16N2O3. The summed E-state index contributed by atoms with van der Waals surface area (Å²) in [7, 11) is 1.64. The number of nitrogens with zero attached hydrogens (tertiary/aromatic N) is 2.